The molecular weight excluding hydrogens is 588 g/mol. The summed E-state index contributed by atoms with van der Waals surface area (Å²) in [5.74, 6) is 0.915. The zero-order valence-corrected chi connectivity index (χ0v) is 26.1. The third kappa shape index (κ3) is 11.1. The van der Waals surface area contributed by atoms with E-state index in [4.69, 9.17) is 42.6 Å². The van der Waals surface area contributed by atoms with Gasteiger partial charge in [-0.1, -0.05) is 0 Å². The van der Waals surface area contributed by atoms with Crippen LogP contribution in [0.2, 0.25) is 0 Å². The minimum atomic E-state index is -1.16. The molecule has 0 aliphatic rings. The number of rotatable bonds is 17. The molecule has 3 aromatic carbocycles. The molecule has 0 heterocycles. The number of hydrogen-bond donors (Lipinski definition) is 0. The Hall–Kier alpha value is -5.13. The zero-order chi connectivity index (χ0) is 32.8. The summed E-state index contributed by atoms with van der Waals surface area (Å²) in [6.07, 6.45) is -4.18. The van der Waals surface area contributed by atoms with Crippen molar-refractivity contribution in [1.82, 2.24) is 0 Å². The molecule has 0 amide bonds. The quantitative estimate of drug-likeness (QED) is 0.155. The van der Waals surface area contributed by atoms with E-state index in [1.54, 1.807) is 72.8 Å². The molecule has 0 aliphatic carbocycles. The molecule has 3 rings (SSSR count). The van der Waals surface area contributed by atoms with Crippen LogP contribution in [0.4, 0.5) is 0 Å². The molecular formula is C33H38O12. The van der Waals surface area contributed by atoms with Crippen LogP contribution >= 0.6 is 0 Å². The lowest BCUT2D eigenvalue weighted by atomic mass is 10.3. The Morgan fingerprint density at radius 1 is 0.467 bits per heavy atom. The highest BCUT2D eigenvalue weighted by Gasteiger charge is 2.27. The number of esters is 3. The molecule has 0 aromatic heterocycles. The van der Waals surface area contributed by atoms with Gasteiger partial charge in [-0.25, -0.2) is 14.4 Å². The van der Waals surface area contributed by atoms with Crippen LogP contribution in [0, 0.1) is 0 Å². The normalized spacial score (nSPS) is 13.2. The SMILES string of the molecule is COc1ccc(OC(C)C(=O)OCC(COC(=O)C(C)Oc2ccc(OC)cc2)OC(=O)C(C)Oc2ccc(OC)cc2)cc1. The van der Waals surface area contributed by atoms with Gasteiger partial charge in [0.05, 0.1) is 21.3 Å². The van der Waals surface area contributed by atoms with Gasteiger partial charge < -0.3 is 42.6 Å². The highest BCUT2D eigenvalue weighted by molar-refractivity contribution is 5.76. The Morgan fingerprint density at radius 2 is 0.733 bits per heavy atom. The number of hydrogen-bond acceptors (Lipinski definition) is 12. The van der Waals surface area contributed by atoms with Gasteiger partial charge >= 0.3 is 17.9 Å². The monoisotopic (exact) mass is 626 g/mol. The highest BCUT2D eigenvalue weighted by Crippen LogP contribution is 2.21. The van der Waals surface area contributed by atoms with E-state index in [0.29, 0.717) is 34.5 Å². The predicted octanol–water partition coefficient (Wildman–Crippen LogP) is 4.41. The van der Waals surface area contributed by atoms with Crippen molar-refractivity contribution in [2.45, 2.75) is 45.2 Å². The Labute approximate surface area is 262 Å². The van der Waals surface area contributed by atoms with Crippen LogP contribution < -0.4 is 28.4 Å². The standard InChI is InChI=1S/C33H38O12/c1-21(42-27-13-7-24(37-4)8-14-27)31(34)40-19-30(45-33(36)23(3)44-29-17-11-26(39-6)12-18-29)20-41-32(35)22(2)43-28-15-9-25(38-5)10-16-28/h7-18,21-23,30H,19-20H2,1-6H3. The largest absolute Gasteiger partial charge is 0.497 e. The highest BCUT2D eigenvalue weighted by atomic mass is 16.6. The van der Waals surface area contributed by atoms with E-state index in [-0.39, 0.29) is 0 Å². The summed E-state index contributed by atoms with van der Waals surface area (Å²) in [5.41, 5.74) is 0. The fraction of sp³-hybridized carbons (Fsp3) is 0.364. The summed E-state index contributed by atoms with van der Waals surface area (Å²) in [6, 6.07) is 20.0. The van der Waals surface area contributed by atoms with E-state index in [1.165, 1.54) is 42.1 Å². The molecule has 12 nitrogen and oxygen atoms in total. The first-order chi connectivity index (χ1) is 21.6. The first-order valence-electron chi connectivity index (χ1n) is 14.1. The molecule has 12 heteroatoms. The van der Waals surface area contributed by atoms with E-state index < -0.39 is 55.5 Å². The molecule has 242 valence electrons. The van der Waals surface area contributed by atoms with Crippen LogP contribution in [-0.4, -0.2) is 76.9 Å². The fourth-order valence-corrected chi connectivity index (χ4v) is 3.68. The number of carbonyl (C=O) groups is 3. The van der Waals surface area contributed by atoms with Crippen LogP contribution in [0.15, 0.2) is 72.8 Å². The molecule has 3 aromatic rings. The Morgan fingerprint density at radius 3 is 1.02 bits per heavy atom. The average molecular weight is 627 g/mol. The number of ether oxygens (including phenoxy) is 9. The predicted molar refractivity (Wildman–Crippen MR) is 161 cm³/mol. The third-order valence-corrected chi connectivity index (χ3v) is 6.22. The van der Waals surface area contributed by atoms with Crippen molar-refractivity contribution in [3.05, 3.63) is 72.8 Å². The van der Waals surface area contributed by atoms with Crippen LogP contribution in [0.25, 0.3) is 0 Å². The maximum Gasteiger partial charge on any atom is 0.347 e. The van der Waals surface area contributed by atoms with Crippen LogP contribution in [0.3, 0.4) is 0 Å². The van der Waals surface area contributed by atoms with Gasteiger partial charge in [-0.2, -0.15) is 0 Å². The van der Waals surface area contributed by atoms with Crippen LogP contribution in [-0.2, 0) is 28.6 Å². The lowest BCUT2D eigenvalue weighted by molar-refractivity contribution is -0.174. The van der Waals surface area contributed by atoms with Gasteiger partial charge in [0.25, 0.3) is 0 Å². The summed E-state index contributed by atoms with van der Waals surface area (Å²) in [7, 11) is 4.61. The molecule has 0 N–H and O–H groups in total. The van der Waals surface area contributed by atoms with Crippen molar-refractivity contribution in [1.29, 1.82) is 0 Å². The molecule has 45 heavy (non-hydrogen) atoms. The summed E-state index contributed by atoms with van der Waals surface area (Å²) in [6.45, 7) is 3.68. The molecule has 0 bridgehead atoms. The van der Waals surface area contributed by atoms with Gasteiger partial charge in [0.15, 0.2) is 24.4 Å². The van der Waals surface area contributed by atoms with Crippen molar-refractivity contribution in [3.8, 4) is 34.5 Å². The average Bonchev–Trinajstić information content (AvgIpc) is 3.06. The summed E-state index contributed by atoms with van der Waals surface area (Å²) in [4.78, 5) is 38.3. The Kier molecular flexibility index (Phi) is 13.2. The van der Waals surface area contributed by atoms with Crippen LogP contribution in [0.5, 0.6) is 34.5 Å². The van der Waals surface area contributed by atoms with Gasteiger partial charge in [-0.15, -0.1) is 0 Å². The second kappa shape index (κ2) is 17.2. The fourth-order valence-electron chi connectivity index (χ4n) is 3.68. The first kappa shape index (κ1) is 34.4. The van der Waals surface area contributed by atoms with Gasteiger partial charge in [0, 0.05) is 0 Å². The number of methoxy groups -OCH3 is 3. The number of carbonyl (C=O) groups excluding carboxylic acids is 3. The molecule has 0 spiro atoms. The molecule has 0 radical (unpaired) electrons. The molecule has 3 unspecified atom stereocenters. The maximum absolute atomic E-state index is 12.9. The van der Waals surface area contributed by atoms with Gasteiger partial charge in [0.2, 0.25) is 0 Å². The van der Waals surface area contributed by atoms with E-state index in [9.17, 15) is 14.4 Å². The second-order valence-corrected chi connectivity index (χ2v) is 9.63. The molecule has 0 fully saturated rings. The summed E-state index contributed by atoms with van der Waals surface area (Å²) >= 11 is 0. The third-order valence-electron chi connectivity index (χ3n) is 6.22. The van der Waals surface area contributed by atoms with E-state index >= 15 is 0 Å². The summed E-state index contributed by atoms with van der Waals surface area (Å²) < 4.78 is 48.6. The first-order valence-corrected chi connectivity index (χ1v) is 14.1. The van der Waals surface area contributed by atoms with Gasteiger partial charge in [-0.3, -0.25) is 0 Å². The molecule has 3 atom stereocenters. The Balaban J connectivity index is 1.60. The Bertz CT molecular complexity index is 1280. The number of benzene rings is 3. The topological polar surface area (TPSA) is 134 Å². The van der Waals surface area contributed by atoms with Gasteiger partial charge in [0.1, 0.15) is 47.7 Å². The van der Waals surface area contributed by atoms with Crippen molar-refractivity contribution in [2.24, 2.45) is 0 Å². The van der Waals surface area contributed by atoms with Crippen molar-refractivity contribution in [2.75, 3.05) is 34.5 Å². The van der Waals surface area contributed by atoms with E-state index in [1.807, 2.05) is 0 Å². The minimum Gasteiger partial charge on any atom is -0.497 e. The van der Waals surface area contributed by atoms with Crippen molar-refractivity contribution in [3.63, 3.8) is 0 Å². The van der Waals surface area contributed by atoms with Crippen molar-refractivity contribution >= 4 is 17.9 Å². The summed E-state index contributed by atoms with van der Waals surface area (Å²) in [5, 5.41) is 0. The van der Waals surface area contributed by atoms with Crippen LogP contribution in [0.1, 0.15) is 20.8 Å². The molecule has 0 saturated carbocycles. The van der Waals surface area contributed by atoms with Gasteiger partial charge in [-0.05, 0) is 93.6 Å². The lowest BCUT2D eigenvalue weighted by Crippen LogP contribution is -2.38. The molecule has 0 aliphatic heterocycles. The van der Waals surface area contributed by atoms with E-state index in [0.717, 1.165) is 0 Å². The maximum atomic E-state index is 12.9. The minimum absolute atomic E-state index is 0.406. The van der Waals surface area contributed by atoms with E-state index in [2.05, 4.69) is 0 Å². The van der Waals surface area contributed by atoms with Crippen molar-refractivity contribution < 1.29 is 57.0 Å². The second-order valence-electron chi connectivity index (χ2n) is 9.63. The zero-order valence-electron chi connectivity index (χ0n) is 26.1. The molecule has 0 saturated heterocycles. The smallest absolute Gasteiger partial charge is 0.347 e. The lowest BCUT2D eigenvalue weighted by Gasteiger charge is -2.22.